The number of rotatable bonds is 5. The largest absolute Gasteiger partial charge is 2.00 e. The van der Waals surface area contributed by atoms with Gasteiger partial charge < -0.3 is 17.3 Å². The molecule has 114 valence electrons. The number of likely N-dealkylation sites (N-methyl/N-ethyl adjacent to an activating group) is 1. The fraction of sp³-hybridized carbons (Fsp3) is 0.235. The quantitative estimate of drug-likeness (QED) is 0.561. The molecule has 0 atom stereocenters. The second kappa shape index (κ2) is 10.7. The van der Waals surface area contributed by atoms with Crippen LogP contribution in [0.1, 0.15) is 5.56 Å². The number of benzene rings is 2. The van der Waals surface area contributed by atoms with Gasteiger partial charge >= 0.3 is 21.1 Å². The predicted octanol–water partition coefficient (Wildman–Crippen LogP) is 0.336. The van der Waals surface area contributed by atoms with Crippen LogP contribution in [0, 0.1) is 0 Å². The summed E-state index contributed by atoms with van der Waals surface area (Å²) in [6.45, 7) is 1.81. The monoisotopic (exact) mass is 482 g/mol. The van der Waals surface area contributed by atoms with Gasteiger partial charge in [-0.25, -0.2) is 0 Å². The Morgan fingerprint density at radius 3 is 2.24 bits per heavy atom. The van der Waals surface area contributed by atoms with Gasteiger partial charge in [-0.2, -0.15) is 0 Å². The summed E-state index contributed by atoms with van der Waals surface area (Å²) < 4.78 is 0. The van der Waals surface area contributed by atoms with Crippen molar-refractivity contribution in [3.8, 4) is 11.1 Å². The Labute approximate surface area is 148 Å². The van der Waals surface area contributed by atoms with Crippen LogP contribution in [0.5, 0.6) is 0 Å². The molecular weight excluding hydrogens is 463 g/mol. The Kier molecular flexibility index (Phi) is 10.2. The summed E-state index contributed by atoms with van der Waals surface area (Å²) in [5.41, 5.74) is 3.64. The van der Waals surface area contributed by atoms with Gasteiger partial charge in [-0.05, 0) is 25.2 Å². The average Bonchev–Trinajstić information content (AvgIpc) is 2.45. The molecule has 0 fully saturated rings. The maximum Gasteiger partial charge on any atom is 2.00 e. The van der Waals surface area contributed by atoms with E-state index in [1.54, 1.807) is 0 Å². The maximum atomic E-state index is 4.50. The van der Waals surface area contributed by atoms with E-state index in [9.17, 15) is 0 Å². The van der Waals surface area contributed by atoms with E-state index < -0.39 is 0 Å². The van der Waals surface area contributed by atoms with Gasteiger partial charge in [-0.1, -0.05) is 54.6 Å². The molecule has 0 spiro atoms. The summed E-state index contributed by atoms with van der Waals surface area (Å²) in [7, 11) is 4.13. The molecule has 21 heavy (non-hydrogen) atoms. The van der Waals surface area contributed by atoms with Crippen molar-refractivity contribution in [1.29, 1.82) is 0 Å². The standard InChI is InChI=1S/C17H20N2.ClH.Pt/c1-19(2)13-12-18-14-16-10-6-7-11-17(16)15-8-4-3-5-9-15;;/h3-11,14H,12-13H2,1-2H3;1H;/q;;+2/p-1. The van der Waals surface area contributed by atoms with Crippen LogP contribution in [-0.2, 0) is 21.1 Å². The second-order valence-corrected chi connectivity index (χ2v) is 4.79. The van der Waals surface area contributed by atoms with Gasteiger partial charge in [0.1, 0.15) is 0 Å². The molecule has 0 N–H and O–H groups in total. The molecule has 0 bridgehead atoms. The van der Waals surface area contributed by atoms with Crippen molar-refractivity contribution in [2.24, 2.45) is 4.99 Å². The van der Waals surface area contributed by atoms with Gasteiger partial charge in [0.15, 0.2) is 0 Å². The molecule has 2 aromatic rings. The van der Waals surface area contributed by atoms with E-state index in [1.807, 2.05) is 12.3 Å². The molecule has 2 rings (SSSR count). The van der Waals surface area contributed by atoms with Crippen molar-refractivity contribution in [1.82, 2.24) is 4.90 Å². The van der Waals surface area contributed by atoms with Gasteiger partial charge in [0.2, 0.25) is 0 Å². The third-order valence-electron chi connectivity index (χ3n) is 2.95. The Hall–Kier alpha value is -0.952. The number of nitrogens with zero attached hydrogens (tertiary/aromatic N) is 2. The van der Waals surface area contributed by atoms with Crippen molar-refractivity contribution in [3.63, 3.8) is 0 Å². The van der Waals surface area contributed by atoms with Crippen LogP contribution in [0.4, 0.5) is 0 Å². The molecule has 0 unspecified atom stereocenters. The summed E-state index contributed by atoms with van der Waals surface area (Å²) in [6, 6.07) is 18.8. The minimum absolute atomic E-state index is 0. The van der Waals surface area contributed by atoms with Crippen molar-refractivity contribution in [2.45, 2.75) is 0 Å². The van der Waals surface area contributed by atoms with Crippen LogP contribution in [0.15, 0.2) is 59.6 Å². The molecule has 0 aromatic heterocycles. The molecule has 4 heteroatoms. The summed E-state index contributed by atoms with van der Waals surface area (Å²) in [6.07, 6.45) is 1.98. The van der Waals surface area contributed by atoms with Crippen molar-refractivity contribution in [2.75, 3.05) is 27.2 Å². The third kappa shape index (κ3) is 6.56. The first-order valence-electron chi connectivity index (χ1n) is 6.56. The molecule has 2 nitrogen and oxygen atoms in total. The molecule has 0 saturated carbocycles. The van der Waals surface area contributed by atoms with Crippen LogP contribution in [-0.4, -0.2) is 38.3 Å². The topological polar surface area (TPSA) is 15.6 Å². The van der Waals surface area contributed by atoms with Gasteiger partial charge in [0.25, 0.3) is 0 Å². The van der Waals surface area contributed by atoms with Gasteiger partial charge in [0.05, 0.1) is 6.54 Å². The summed E-state index contributed by atoms with van der Waals surface area (Å²) in [5.74, 6) is 0. The Bertz CT molecular complexity index is 541. The minimum Gasteiger partial charge on any atom is -1.00 e. The SMILES string of the molecule is CN(C)CCN=Cc1ccccc1-c1ccccc1.[Cl-].[Pt+2]. The zero-order chi connectivity index (χ0) is 13.5. The van der Waals surface area contributed by atoms with Gasteiger partial charge in [0, 0.05) is 18.3 Å². The summed E-state index contributed by atoms with van der Waals surface area (Å²) >= 11 is 0. The smallest absolute Gasteiger partial charge is 1.00 e. The maximum absolute atomic E-state index is 4.50. The summed E-state index contributed by atoms with van der Waals surface area (Å²) in [4.78, 5) is 6.64. The van der Waals surface area contributed by atoms with Gasteiger partial charge in [-0.3, -0.25) is 4.99 Å². The van der Waals surface area contributed by atoms with Crippen LogP contribution in [0.3, 0.4) is 0 Å². The van der Waals surface area contributed by atoms with E-state index in [-0.39, 0.29) is 33.5 Å². The van der Waals surface area contributed by atoms with Gasteiger partial charge in [-0.15, -0.1) is 0 Å². The number of hydrogen-bond donors (Lipinski definition) is 0. The first-order valence-corrected chi connectivity index (χ1v) is 6.56. The van der Waals surface area contributed by atoms with E-state index in [0.29, 0.717) is 0 Å². The van der Waals surface area contributed by atoms with E-state index in [2.05, 4.69) is 72.5 Å². The molecule has 0 amide bonds. The second-order valence-electron chi connectivity index (χ2n) is 4.79. The normalized spacial score (nSPS) is 10.2. The van der Waals surface area contributed by atoms with Crippen molar-refractivity contribution in [3.05, 3.63) is 60.2 Å². The molecular formula is C17H20ClN2Pt+. The average molecular weight is 483 g/mol. The van der Waals surface area contributed by atoms with E-state index in [1.165, 1.54) is 16.7 Å². The zero-order valence-electron chi connectivity index (χ0n) is 12.3. The Balaban J connectivity index is 0.00000200. The minimum atomic E-state index is 0. The van der Waals surface area contributed by atoms with E-state index >= 15 is 0 Å². The predicted molar refractivity (Wildman–Crippen MR) is 82.9 cm³/mol. The first-order chi connectivity index (χ1) is 9.27. The van der Waals surface area contributed by atoms with Crippen LogP contribution in [0.2, 0.25) is 0 Å². The summed E-state index contributed by atoms with van der Waals surface area (Å²) in [5, 5.41) is 0. The van der Waals surface area contributed by atoms with Crippen LogP contribution in [0.25, 0.3) is 11.1 Å². The molecule has 0 aliphatic rings. The number of aliphatic imine (C=N–C) groups is 1. The fourth-order valence-electron chi connectivity index (χ4n) is 1.91. The van der Waals surface area contributed by atoms with E-state index in [4.69, 9.17) is 0 Å². The van der Waals surface area contributed by atoms with Crippen molar-refractivity contribution < 1.29 is 33.5 Å². The zero-order valence-corrected chi connectivity index (χ0v) is 15.3. The molecule has 0 radical (unpaired) electrons. The van der Waals surface area contributed by atoms with Crippen molar-refractivity contribution >= 4 is 6.21 Å². The van der Waals surface area contributed by atoms with Crippen LogP contribution < -0.4 is 12.4 Å². The first kappa shape index (κ1) is 20.0. The molecule has 2 aromatic carbocycles. The number of hydrogen-bond acceptors (Lipinski definition) is 2. The van der Waals surface area contributed by atoms with E-state index in [0.717, 1.165) is 13.1 Å². The fourth-order valence-corrected chi connectivity index (χ4v) is 1.91. The number of halogens is 1. The molecule has 0 aliphatic heterocycles. The molecule has 0 aliphatic carbocycles. The molecule has 0 saturated heterocycles. The van der Waals surface area contributed by atoms with Crippen LogP contribution >= 0.6 is 0 Å². The Morgan fingerprint density at radius 2 is 1.57 bits per heavy atom. The molecule has 0 heterocycles. The Morgan fingerprint density at radius 1 is 0.952 bits per heavy atom. The third-order valence-corrected chi connectivity index (χ3v) is 2.95.